The summed E-state index contributed by atoms with van der Waals surface area (Å²) in [7, 11) is 0. The van der Waals surface area contributed by atoms with Gasteiger partial charge in [-0.1, -0.05) is 28.1 Å². The van der Waals surface area contributed by atoms with E-state index in [0.29, 0.717) is 19.0 Å². The van der Waals surface area contributed by atoms with E-state index in [1.165, 1.54) is 0 Å². The standard InChI is InChI=1S/C18H15BrN6S/c19-13-4-2-12(3-5-13)14-10-26-17-15(14)16(24-11-25-17)20-8-9-23-18-21-6-1-7-22-18/h1-7,10-11H,8-9H2,(H,20,24,25)(H,21,22,23). The summed E-state index contributed by atoms with van der Waals surface area (Å²) in [6.45, 7) is 1.38. The van der Waals surface area contributed by atoms with Crippen LogP contribution in [0.5, 0.6) is 0 Å². The number of benzene rings is 1. The number of halogens is 1. The van der Waals surface area contributed by atoms with E-state index in [9.17, 15) is 0 Å². The van der Waals surface area contributed by atoms with Gasteiger partial charge in [0.05, 0.1) is 5.39 Å². The zero-order valence-electron chi connectivity index (χ0n) is 13.7. The van der Waals surface area contributed by atoms with E-state index < -0.39 is 0 Å². The lowest BCUT2D eigenvalue weighted by molar-refractivity contribution is 1.02. The van der Waals surface area contributed by atoms with Crippen molar-refractivity contribution in [3.63, 3.8) is 0 Å². The summed E-state index contributed by atoms with van der Waals surface area (Å²) in [5.41, 5.74) is 2.29. The molecule has 0 bridgehead atoms. The van der Waals surface area contributed by atoms with Crippen LogP contribution in [0, 0.1) is 0 Å². The van der Waals surface area contributed by atoms with Gasteiger partial charge in [-0.3, -0.25) is 0 Å². The molecule has 8 heteroatoms. The van der Waals surface area contributed by atoms with Crippen molar-refractivity contribution in [2.24, 2.45) is 0 Å². The quantitative estimate of drug-likeness (QED) is 0.444. The Kier molecular flexibility index (Phi) is 5.03. The molecule has 26 heavy (non-hydrogen) atoms. The first-order chi connectivity index (χ1) is 12.8. The summed E-state index contributed by atoms with van der Waals surface area (Å²) in [5.74, 6) is 1.46. The number of hydrogen-bond donors (Lipinski definition) is 2. The fourth-order valence-corrected chi connectivity index (χ4v) is 3.78. The summed E-state index contributed by atoms with van der Waals surface area (Å²) < 4.78 is 1.06. The van der Waals surface area contributed by atoms with Crippen LogP contribution in [0.3, 0.4) is 0 Å². The van der Waals surface area contributed by atoms with E-state index in [2.05, 4.69) is 64.0 Å². The van der Waals surface area contributed by atoms with Crippen LogP contribution in [-0.4, -0.2) is 33.0 Å². The van der Waals surface area contributed by atoms with Crippen LogP contribution in [0.1, 0.15) is 0 Å². The zero-order valence-corrected chi connectivity index (χ0v) is 16.1. The van der Waals surface area contributed by atoms with Gasteiger partial charge in [0.25, 0.3) is 0 Å². The number of anilines is 2. The molecule has 4 rings (SSSR count). The minimum Gasteiger partial charge on any atom is -0.368 e. The molecule has 0 aliphatic rings. The van der Waals surface area contributed by atoms with E-state index >= 15 is 0 Å². The van der Waals surface area contributed by atoms with Crippen molar-refractivity contribution in [3.05, 3.63) is 58.9 Å². The number of nitrogens with zero attached hydrogens (tertiary/aromatic N) is 4. The molecule has 6 nitrogen and oxygen atoms in total. The maximum Gasteiger partial charge on any atom is 0.222 e. The van der Waals surface area contributed by atoms with Gasteiger partial charge in [-0.05, 0) is 23.8 Å². The fraction of sp³-hybridized carbons (Fsp3) is 0.111. The number of nitrogens with one attached hydrogen (secondary N) is 2. The Morgan fingerprint density at radius 2 is 1.69 bits per heavy atom. The second kappa shape index (κ2) is 7.76. The van der Waals surface area contributed by atoms with E-state index in [4.69, 9.17) is 0 Å². The molecule has 0 atom stereocenters. The number of thiophene rings is 1. The highest BCUT2D eigenvalue weighted by Crippen LogP contribution is 2.36. The van der Waals surface area contributed by atoms with Crippen molar-refractivity contribution in [1.82, 2.24) is 19.9 Å². The smallest absolute Gasteiger partial charge is 0.222 e. The van der Waals surface area contributed by atoms with Gasteiger partial charge < -0.3 is 10.6 Å². The number of hydrogen-bond acceptors (Lipinski definition) is 7. The molecule has 1 aromatic carbocycles. The van der Waals surface area contributed by atoms with Crippen molar-refractivity contribution in [2.75, 3.05) is 23.7 Å². The third kappa shape index (κ3) is 3.66. The van der Waals surface area contributed by atoms with Crippen LogP contribution in [0.25, 0.3) is 21.3 Å². The van der Waals surface area contributed by atoms with Crippen LogP contribution >= 0.6 is 27.3 Å². The van der Waals surface area contributed by atoms with Gasteiger partial charge in [0.2, 0.25) is 5.95 Å². The molecule has 3 heterocycles. The monoisotopic (exact) mass is 426 g/mol. The van der Waals surface area contributed by atoms with Crippen molar-refractivity contribution in [2.45, 2.75) is 0 Å². The van der Waals surface area contributed by atoms with Gasteiger partial charge in [0.15, 0.2) is 0 Å². The summed E-state index contributed by atoms with van der Waals surface area (Å²) in [4.78, 5) is 18.1. The summed E-state index contributed by atoms with van der Waals surface area (Å²) in [6.07, 6.45) is 5.03. The van der Waals surface area contributed by atoms with E-state index in [1.807, 2.05) is 12.1 Å². The van der Waals surface area contributed by atoms with Crippen molar-refractivity contribution >= 4 is 49.2 Å². The minimum atomic E-state index is 0.619. The Hall–Kier alpha value is -2.58. The van der Waals surface area contributed by atoms with Crippen LogP contribution in [-0.2, 0) is 0 Å². The third-order valence-corrected chi connectivity index (χ3v) is 5.21. The highest BCUT2D eigenvalue weighted by molar-refractivity contribution is 9.10. The van der Waals surface area contributed by atoms with Gasteiger partial charge in [-0.25, -0.2) is 19.9 Å². The number of aromatic nitrogens is 4. The molecule has 3 aromatic heterocycles. The highest BCUT2D eigenvalue weighted by atomic mass is 79.9. The molecule has 0 spiro atoms. The second-order valence-electron chi connectivity index (χ2n) is 5.48. The third-order valence-electron chi connectivity index (χ3n) is 3.79. The SMILES string of the molecule is Brc1ccc(-c2csc3ncnc(NCCNc4ncccn4)c23)cc1. The highest BCUT2D eigenvalue weighted by Gasteiger charge is 2.12. The average Bonchev–Trinajstić information content (AvgIpc) is 3.12. The Morgan fingerprint density at radius 1 is 0.923 bits per heavy atom. The lowest BCUT2D eigenvalue weighted by Crippen LogP contribution is -2.15. The lowest BCUT2D eigenvalue weighted by atomic mass is 10.1. The molecule has 0 amide bonds. The number of fused-ring (bicyclic) bond motifs is 1. The van der Waals surface area contributed by atoms with Gasteiger partial charge in [0, 0.05) is 40.9 Å². The molecule has 130 valence electrons. The first-order valence-corrected chi connectivity index (χ1v) is 9.71. The average molecular weight is 427 g/mol. The van der Waals surface area contributed by atoms with E-state index in [0.717, 1.165) is 31.6 Å². The van der Waals surface area contributed by atoms with Gasteiger partial charge >= 0.3 is 0 Å². The molecule has 0 radical (unpaired) electrons. The first kappa shape index (κ1) is 16.9. The molecular formula is C18H15BrN6S. The molecule has 0 fully saturated rings. The maximum absolute atomic E-state index is 4.44. The fourth-order valence-electron chi connectivity index (χ4n) is 2.60. The van der Waals surface area contributed by atoms with Crippen molar-refractivity contribution in [1.29, 1.82) is 0 Å². The molecule has 0 aliphatic heterocycles. The predicted octanol–water partition coefficient (Wildman–Crippen LogP) is 4.43. The van der Waals surface area contributed by atoms with Crippen molar-refractivity contribution < 1.29 is 0 Å². The van der Waals surface area contributed by atoms with Gasteiger partial charge in [-0.2, -0.15) is 0 Å². The number of rotatable bonds is 6. The molecule has 0 unspecified atom stereocenters. The molecule has 2 N–H and O–H groups in total. The normalized spacial score (nSPS) is 10.8. The molecule has 0 aliphatic carbocycles. The molecule has 0 saturated heterocycles. The van der Waals surface area contributed by atoms with Crippen LogP contribution < -0.4 is 10.6 Å². The molecule has 0 saturated carbocycles. The Bertz CT molecular complexity index is 1000. The van der Waals surface area contributed by atoms with Crippen LogP contribution in [0.4, 0.5) is 11.8 Å². The van der Waals surface area contributed by atoms with Crippen LogP contribution in [0.15, 0.2) is 58.9 Å². The summed E-state index contributed by atoms with van der Waals surface area (Å²) >= 11 is 5.11. The second-order valence-corrected chi connectivity index (χ2v) is 7.26. The van der Waals surface area contributed by atoms with Gasteiger partial charge in [-0.15, -0.1) is 11.3 Å². The van der Waals surface area contributed by atoms with Crippen LogP contribution in [0.2, 0.25) is 0 Å². The Balaban J connectivity index is 1.53. The predicted molar refractivity (Wildman–Crippen MR) is 110 cm³/mol. The minimum absolute atomic E-state index is 0.619. The van der Waals surface area contributed by atoms with E-state index in [-0.39, 0.29) is 0 Å². The van der Waals surface area contributed by atoms with Crippen molar-refractivity contribution in [3.8, 4) is 11.1 Å². The topological polar surface area (TPSA) is 75.6 Å². The molecular weight excluding hydrogens is 412 g/mol. The zero-order chi connectivity index (χ0) is 17.8. The van der Waals surface area contributed by atoms with Gasteiger partial charge in [0.1, 0.15) is 17.0 Å². The largest absolute Gasteiger partial charge is 0.368 e. The summed E-state index contributed by atoms with van der Waals surface area (Å²) in [6, 6.07) is 10.1. The Morgan fingerprint density at radius 3 is 2.50 bits per heavy atom. The summed E-state index contributed by atoms with van der Waals surface area (Å²) in [5, 5.41) is 9.75. The Labute approximate surface area is 162 Å². The maximum atomic E-state index is 4.44. The lowest BCUT2D eigenvalue weighted by Gasteiger charge is -2.09. The first-order valence-electron chi connectivity index (χ1n) is 8.04. The molecule has 4 aromatic rings. The van der Waals surface area contributed by atoms with E-state index in [1.54, 1.807) is 36.1 Å².